The Hall–Kier alpha value is -1.84. The molecule has 102 valence electrons. The second kappa shape index (κ2) is 5.43. The highest BCUT2D eigenvalue weighted by Crippen LogP contribution is 2.20. The summed E-state index contributed by atoms with van der Waals surface area (Å²) in [7, 11) is 0. The molecule has 0 aliphatic carbocycles. The van der Waals surface area contributed by atoms with Gasteiger partial charge in [0.1, 0.15) is 0 Å². The van der Waals surface area contributed by atoms with Crippen molar-refractivity contribution < 1.29 is 9.59 Å². The predicted molar refractivity (Wildman–Crippen MR) is 74.9 cm³/mol. The van der Waals surface area contributed by atoms with Crippen molar-refractivity contribution in [2.75, 3.05) is 18.4 Å². The fourth-order valence-corrected chi connectivity index (χ4v) is 2.32. The molecule has 0 spiro atoms. The smallest absolute Gasteiger partial charge is 0.229 e. The number of hydrogen-bond donors (Lipinski definition) is 1. The van der Waals surface area contributed by atoms with Gasteiger partial charge in [0.05, 0.1) is 5.92 Å². The van der Waals surface area contributed by atoms with Crippen LogP contribution >= 0.6 is 0 Å². The first-order valence-electron chi connectivity index (χ1n) is 6.67. The molecule has 2 amide bonds. The molecule has 1 N–H and O–H groups in total. The average Bonchev–Trinajstić information content (AvgIpc) is 2.75. The first-order valence-corrected chi connectivity index (χ1v) is 6.67. The number of benzene rings is 1. The quantitative estimate of drug-likeness (QED) is 0.905. The van der Waals surface area contributed by atoms with E-state index in [1.807, 2.05) is 39.0 Å². The molecular formula is C15H20N2O2. The molecule has 1 aliphatic heterocycles. The third-order valence-corrected chi connectivity index (χ3v) is 3.74. The maximum absolute atomic E-state index is 12.1. The highest BCUT2D eigenvalue weighted by atomic mass is 16.2. The monoisotopic (exact) mass is 260 g/mol. The van der Waals surface area contributed by atoms with Crippen LogP contribution in [0.3, 0.4) is 0 Å². The molecule has 1 aromatic rings. The predicted octanol–water partition coefficient (Wildman–Crippen LogP) is 2.11. The average molecular weight is 260 g/mol. The van der Waals surface area contributed by atoms with E-state index in [0.717, 1.165) is 11.3 Å². The lowest BCUT2D eigenvalue weighted by atomic mass is 10.1. The number of nitrogens with zero attached hydrogens (tertiary/aromatic N) is 1. The maximum Gasteiger partial charge on any atom is 0.229 e. The second-order valence-corrected chi connectivity index (χ2v) is 5.12. The van der Waals surface area contributed by atoms with Gasteiger partial charge >= 0.3 is 0 Å². The van der Waals surface area contributed by atoms with Crippen molar-refractivity contribution in [1.29, 1.82) is 0 Å². The Kier molecular flexibility index (Phi) is 3.88. The first kappa shape index (κ1) is 13.6. The third-order valence-electron chi connectivity index (χ3n) is 3.74. The molecule has 0 bridgehead atoms. The molecule has 19 heavy (non-hydrogen) atoms. The number of aryl methyl sites for hydroxylation is 2. The van der Waals surface area contributed by atoms with Crippen LogP contribution in [0.5, 0.6) is 0 Å². The molecule has 1 unspecified atom stereocenters. The summed E-state index contributed by atoms with van der Waals surface area (Å²) in [5.41, 5.74) is 3.15. The van der Waals surface area contributed by atoms with Gasteiger partial charge in [-0.1, -0.05) is 6.07 Å². The minimum Gasteiger partial charge on any atom is -0.342 e. The minimum absolute atomic E-state index is 0.0625. The fourth-order valence-electron chi connectivity index (χ4n) is 2.32. The number of nitrogens with one attached hydrogen (secondary N) is 1. The van der Waals surface area contributed by atoms with E-state index in [-0.39, 0.29) is 17.7 Å². The van der Waals surface area contributed by atoms with Crippen LogP contribution in [-0.2, 0) is 9.59 Å². The summed E-state index contributed by atoms with van der Waals surface area (Å²) >= 11 is 0. The largest absolute Gasteiger partial charge is 0.342 e. The van der Waals surface area contributed by atoms with Crippen LogP contribution in [0.25, 0.3) is 0 Å². The number of rotatable bonds is 3. The molecule has 4 heteroatoms. The lowest BCUT2D eigenvalue weighted by Crippen LogP contribution is -2.28. The second-order valence-electron chi connectivity index (χ2n) is 5.12. The number of anilines is 1. The van der Waals surface area contributed by atoms with Crippen molar-refractivity contribution >= 4 is 17.5 Å². The highest BCUT2D eigenvalue weighted by molar-refractivity contribution is 5.97. The van der Waals surface area contributed by atoms with Gasteiger partial charge < -0.3 is 10.2 Å². The van der Waals surface area contributed by atoms with E-state index in [0.29, 0.717) is 19.5 Å². The Balaban J connectivity index is 2.02. The van der Waals surface area contributed by atoms with Gasteiger partial charge in [0.15, 0.2) is 0 Å². The summed E-state index contributed by atoms with van der Waals surface area (Å²) in [5.74, 6) is -0.218. The zero-order valence-corrected chi connectivity index (χ0v) is 11.7. The standard InChI is InChI=1S/C15H20N2O2/c1-4-17-9-12(8-14(17)18)15(19)16-13-6-5-10(2)11(3)7-13/h5-7,12H,4,8-9H2,1-3H3,(H,16,19). The van der Waals surface area contributed by atoms with Crippen LogP contribution in [0.2, 0.25) is 0 Å². The Bertz CT molecular complexity index is 511. The van der Waals surface area contributed by atoms with E-state index >= 15 is 0 Å². The number of likely N-dealkylation sites (tertiary alicyclic amines) is 1. The van der Waals surface area contributed by atoms with E-state index in [4.69, 9.17) is 0 Å². The van der Waals surface area contributed by atoms with E-state index in [9.17, 15) is 9.59 Å². The summed E-state index contributed by atoms with van der Waals surface area (Å²) in [6.45, 7) is 7.19. The highest BCUT2D eigenvalue weighted by Gasteiger charge is 2.33. The summed E-state index contributed by atoms with van der Waals surface area (Å²) in [6.07, 6.45) is 0.324. The van der Waals surface area contributed by atoms with E-state index in [1.165, 1.54) is 5.56 Å². The van der Waals surface area contributed by atoms with E-state index in [2.05, 4.69) is 5.32 Å². The SMILES string of the molecule is CCN1CC(C(=O)Nc2ccc(C)c(C)c2)CC1=O. The summed E-state index contributed by atoms with van der Waals surface area (Å²) < 4.78 is 0. The summed E-state index contributed by atoms with van der Waals surface area (Å²) in [6, 6.07) is 5.85. The molecular weight excluding hydrogens is 240 g/mol. The number of carbonyl (C=O) groups excluding carboxylic acids is 2. The van der Waals surface area contributed by atoms with Crippen molar-refractivity contribution in [3.05, 3.63) is 29.3 Å². The molecule has 1 atom stereocenters. The Morgan fingerprint density at radius 2 is 2.11 bits per heavy atom. The Labute approximate surface area is 113 Å². The van der Waals surface area contributed by atoms with Gasteiger partial charge in [-0.2, -0.15) is 0 Å². The molecule has 4 nitrogen and oxygen atoms in total. The summed E-state index contributed by atoms with van der Waals surface area (Å²) in [5, 5.41) is 2.90. The van der Waals surface area contributed by atoms with Crippen LogP contribution < -0.4 is 5.32 Å². The molecule has 1 saturated heterocycles. The van der Waals surface area contributed by atoms with Crippen molar-refractivity contribution in [1.82, 2.24) is 4.90 Å². The first-order chi connectivity index (χ1) is 9.01. The van der Waals surface area contributed by atoms with Crippen LogP contribution in [0.15, 0.2) is 18.2 Å². The molecule has 1 aliphatic rings. The molecule has 0 saturated carbocycles. The van der Waals surface area contributed by atoms with Gasteiger partial charge in [-0.05, 0) is 44.0 Å². The van der Waals surface area contributed by atoms with Crippen molar-refractivity contribution in [3.8, 4) is 0 Å². The van der Waals surface area contributed by atoms with Crippen LogP contribution in [0.1, 0.15) is 24.5 Å². The van der Waals surface area contributed by atoms with Gasteiger partial charge in [0.2, 0.25) is 11.8 Å². The van der Waals surface area contributed by atoms with Gasteiger partial charge in [-0.25, -0.2) is 0 Å². The Morgan fingerprint density at radius 3 is 2.68 bits per heavy atom. The van der Waals surface area contributed by atoms with Crippen LogP contribution in [0.4, 0.5) is 5.69 Å². The number of amides is 2. The Morgan fingerprint density at radius 1 is 1.37 bits per heavy atom. The van der Waals surface area contributed by atoms with E-state index in [1.54, 1.807) is 4.90 Å². The van der Waals surface area contributed by atoms with Crippen molar-refractivity contribution in [2.45, 2.75) is 27.2 Å². The normalized spacial score (nSPS) is 18.8. The summed E-state index contributed by atoms with van der Waals surface area (Å²) in [4.78, 5) is 25.5. The van der Waals surface area contributed by atoms with E-state index < -0.39 is 0 Å². The van der Waals surface area contributed by atoms with Gasteiger partial charge in [0, 0.05) is 25.2 Å². The van der Waals surface area contributed by atoms with Gasteiger partial charge in [0.25, 0.3) is 0 Å². The maximum atomic E-state index is 12.1. The zero-order chi connectivity index (χ0) is 14.0. The van der Waals surface area contributed by atoms with Gasteiger partial charge in [-0.3, -0.25) is 9.59 Å². The third kappa shape index (κ3) is 2.95. The minimum atomic E-state index is -0.228. The van der Waals surface area contributed by atoms with Crippen LogP contribution in [0, 0.1) is 19.8 Å². The molecule has 1 heterocycles. The van der Waals surface area contributed by atoms with Gasteiger partial charge in [-0.15, -0.1) is 0 Å². The molecule has 0 aromatic heterocycles. The van der Waals surface area contributed by atoms with Crippen molar-refractivity contribution in [2.24, 2.45) is 5.92 Å². The lowest BCUT2D eigenvalue weighted by molar-refractivity contribution is -0.128. The molecule has 2 rings (SSSR count). The molecule has 1 aromatic carbocycles. The van der Waals surface area contributed by atoms with Crippen molar-refractivity contribution in [3.63, 3.8) is 0 Å². The zero-order valence-electron chi connectivity index (χ0n) is 11.7. The number of hydrogen-bond acceptors (Lipinski definition) is 2. The number of carbonyl (C=O) groups is 2. The lowest BCUT2D eigenvalue weighted by Gasteiger charge is -2.14. The fraction of sp³-hybridized carbons (Fsp3) is 0.467. The van der Waals surface area contributed by atoms with Crippen LogP contribution in [-0.4, -0.2) is 29.8 Å². The molecule has 1 fully saturated rings. The topological polar surface area (TPSA) is 49.4 Å². The molecule has 0 radical (unpaired) electrons.